The lowest BCUT2D eigenvalue weighted by atomic mass is 10.0. The van der Waals surface area contributed by atoms with E-state index in [0.29, 0.717) is 25.2 Å². The molecule has 2 aliphatic heterocycles. The zero-order chi connectivity index (χ0) is 22.6. The highest BCUT2D eigenvalue weighted by Crippen LogP contribution is 2.27. The third-order valence-corrected chi connectivity index (χ3v) is 6.45. The van der Waals surface area contributed by atoms with Gasteiger partial charge in [-0.2, -0.15) is 0 Å². The van der Waals surface area contributed by atoms with E-state index in [1.165, 1.54) is 24.8 Å². The molecule has 2 atom stereocenters. The number of hydrogen-bond donors (Lipinski definition) is 1. The Hall–Kier alpha value is -1.10. The van der Waals surface area contributed by atoms with Crippen LogP contribution in [0.4, 0.5) is 0 Å². The second-order valence-corrected chi connectivity index (χ2v) is 8.75. The molecule has 0 aliphatic carbocycles. The number of benzene rings is 1. The molecule has 0 radical (unpaired) electrons. The zero-order valence-electron chi connectivity index (χ0n) is 20.6. The number of piperidine rings is 1. The number of guanidine groups is 1. The lowest BCUT2D eigenvalue weighted by Gasteiger charge is -2.34. The van der Waals surface area contributed by atoms with Gasteiger partial charge in [0.25, 0.3) is 0 Å². The van der Waals surface area contributed by atoms with Gasteiger partial charge in [0.2, 0.25) is 0 Å². The van der Waals surface area contributed by atoms with Crippen molar-refractivity contribution in [3.8, 4) is 5.75 Å². The Bertz CT molecular complexity index is 683. The van der Waals surface area contributed by atoms with E-state index in [9.17, 15) is 0 Å². The van der Waals surface area contributed by atoms with E-state index in [-0.39, 0.29) is 24.0 Å². The van der Waals surface area contributed by atoms with Crippen LogP contribution in [0.1, 0.15) is 44.2 Å². The van der Waals surface area contributed by atoms with Crippen LogP contribution < -0.4 is 10.1 Å². The van der Waals surface area contributed by atoms with Gasteiger partial charge in [-0.3, -0.25) is 9.89 Å². The molecule has 2 saturated heterocycles. The largest absolute Gasteiger partial charge is 0.497 e. The molecule has 8 heteroatoms. The first kappa shape index (κ1) is 28.1. The number of hydrogen-bond acceptors (Lipinski definition) is 5. The standard InChI is InChI=1S/C25H42N4O3.HI/c1-4-26-25(29-15-12-21(19-29)20-32-17-16-30-2)27-18-24(28-13-6-5-7-14-28)22-8-10-23(31-3)11-9-22;/h8-11,21,24H,4-7,12-20H2,1-3H3,(H,26,27);1H. The van der Waals surface area contributed by atoms with E-state index in [1.807, 2.05) is 0 Å². The fourth-order valence-electron chi connectivity index (χ4n) is 4.64. The van der Waals surface area contributed by atoms with Crippen LogP contribution in [0.5, 0.6) is 5.75 Å². The van der Waals surface area contributed by atoms with Crippen LogP contribution in [0.2, 0.25) is 0 Å². The van der Waals surface area contributed by atoms with Crippen molar-refractivity contribution >= 4 is 29.9 Å². The first-order valence-electron chi connectivity index (χ1n) is 12.2. The van der Waals surface area contributed by atoms with Crippen LogP contribution in [0.3, 0.4) is 0 Å². The SMILES string of the molecule is CCNC(=NCC(c1ccc(OC)cc1)N1CCCCC1)N1CCC(COCCOC)C1.I. The summed E-state index contributed by atoms with van der Waals surface area (Å²) in [6.07, 6.45) is 5.02. The lowest BCUT2D eigenvalue weighted by Crippen LogP contribution is -2.41. The maximum atomic E-state index is 5.77. The number of halogens is 1. The minimum absolute atomic E-state index is 0. The molecule has 0 bridgehead atoms. The quantitative estimate of drug-likeness (QED) is 0.188. The molecule has 7 nitrogen and oxygen atoms in total. The van der Waals surface area contributed by atoms with Gasteiger partial charge in [0.05, 0.1) is 39.5 Å². The number of likely N-dealkylation sites (tertiary alicyclic amines) is 2. The Morgan fingerprint density at radius 3 is 2.52 bits per heavy atom. The average molecular weight is 575 g/mol. The van der Waals surface area contributed by atoms with E-state index in [1.54, 1.807) is 14.2 Å². The predicted molar refractivity (Wildman–Crippen MR) is 145 cm³/mol. The average Bonchev–Trinajstić information content (AvgIpc) is 3.31. The van der Waals surface area contributed by atoms with Gasteiger partial charge in [-0.25, -0.2) is 0 Å². The van der Waals surface area contributed by atoms with E-state index in [0.717, 1.165) is 64.0 Å². The molecule has 2 heterocycles. The van der Waals surface area contributed by atoms with Crippen LogP contribution in [-0.2, 0) is 9.47 Å². The first-order valence-corrected chi connectivity index (χ1v) is 12.2. The van der Waals surface area contributed by atoms with Crippen LogP contribution in [0.15, 0.2) is 29.3 Å². The summed E-state index contributed by atoms with van der Waals surface area (Å²) in [6, 6.07) is 8.82. The number of rotatable bonds is 11. The molecule has 0 saturated carbocycles. The first-order chi connectivity index (χ1) is 15.7. The van der Waals surface area contributed by atoms with Crippen LogP contribution >= 0.6 is 24.0 Å². The van der Waals surface area contributed by atoms with Crippen LogP contribution in [-0.4, -0.2) is 89.1 Å². The molecule has 0 spiro atoms. The van der Waals surface area contributed by atoms with Crippen molar-refractivity contribution in [3.05, 3.63) is 29.8 Å². The highest BCUT2D eigenvalue weighted by atomic mass is 127. The van der Waals surface area contributed by atoms with Crippen molar-refractivity contribution in [2.45, 2.75) is 38.6 Å². The summed E-state index contributed by atoms with van der Waals surface area (Å²) < 4.78 is 16.2. The molecule has 0 amide bonds. The van der Waals surface area contributed by atoms with Crippen molar-refractivity contribution in [1.82, 2.24) is 15.1 Å². The summed E-state index contributed by atoms with van der Waals surface area (Å²) >= 11 is 0. The second kappa shape index (κ2) is 15.7. The van der Waals surface area contributed by atoms with Gasteiger partial charge in [0, 0.05) is 32.7 Å². The number of nitrogens with one attached hydrogen (secondary N) is 1. The summed E-state index contributed by atoms with van der Waals surface area (Å²) in [7, 11) is 3.43. The molecular formula is C25H43IN4O3. The fourth-order valence-corrected chi connectivity index (χ4v) is 4.64. The van der Waals surface area contributed by atoms with Gasteiger partial charge >= 0.3 is 0 Å². The Morgan fingerprint density at radius 1 is 1.09 bits per heavy atom. The van der Waals surface area contributed by atoms with Gasteiger partial charge in [0.15, 0.2) is 5.96 Å². The molecule has 0 aromatic heterocycles. The van der Waals surface area contributed by atoms with Gasteiger partial charge in [0.1, 0.15) is 5.75 Å². The maximum absolute atomic E-state index is 5.77. The topological polar surface area (TPSA) is 58.6 Å². The summed E-state index contributed by atoms with van der Waals surface area (Å²) in [5.74, 6) is 2.48. The van der Waals surface area contributed by atoms with Crippen LogP contribution in [0, 0.1) is 5.92 Å². The zero-order valence-corrected chi connectivity index (χ0v) is 23.0. The van der Waals surface area contributed by atoms with E-state index >= 15 is 0 Å². The Kier molecular flexibility index (Phi) is 13.4. The minimum Gasteiger partial charge on any atom is -0.497 e. The number of nitrogens with zero attached hydrogens (tertiary/aromatic N) is 3. The van der Waals surface area contributed by atoms with Gasteiger partial charge in [-0.1, -0.05) is 18.6 Å². The van der Waals surface area contributed by atoms with E-state index in [4.69, 9.17) is 19.2 Å². The van der Waals surface area contributed by atoms with Crippen molar-refractivity contribution in [2.24, 2.45) is 10.9 Å². The number of methoxy groups -OCH3 is 2. The molecular weight excluding hydrogens is 531 g/mol. The maximum Gasteiger partial charge on any atom is 0.193 e. The smallest absolute Gasteiger partial charge is 0.193 e. The van der Waals surface area contributed by atoms with Crippen molar-refractivity contribution in [2.75, 3.05) is 73.3 Å². The molecule has 1 N–H and O–H groups in total. The summed E-state index contributed by atoms with van der Waals surface area (Å²) in [4.78, 5) is 10.1. The Labute approximate surface area is 217 Å². The molecule has 2 unspecified atom stereocenters. The molecule has 3 rings (SSSR count). The van der Waals surface area contributed by atoms with Gasteiger partial charge in [-0.15, -0.1) is 24.0 Å². The Morgan fingerprint density at radius 2 is 1.85 bits per heavy atom. The predicted octanol–water partition coefficient (Wildman–Crippen LogP) is 3.79. The monoisotopic (exact) mass is 574 g/mol. The fraction of sp³-hybridized carbons (Fsp3) is 0.720. The van der Waals surface area contributed by atoms with Crippen molar-refractivity contribution in [3.63, 3.8) is 0 Å². The van der Waals surface area contributed by atoms with E-state index < -0.39 is 0 Å². The van der Waals surface area contributed by atoms with E-state index in [2.05, 4.69) is 46.3 Å². The number of aliphatic imine (C=N–C) groups is 1. The molecule has 33 heavy (non-hydrogen) atoms. The lowest BCUT2D eigenvalue weighted by molar-refractivity contribution is 0.0536. The van der Waals surface area contributed by atoms with Gasteiger partial charge in [-0.05, 0) is 57.0 Å². The molecule has 188 valence electrons. The molecule has 2 fully saturated rings. The van der Waals surface area contributed by atoms with Crippen molar-refractivity contribution < 1.29 is 14.2 Å². The third-order valence-electron chi connectivity index (χ3n) is 6.45. The summed E-state index contributed by atoms with van der Waals surface area (Å²) in [5.41, 5.74) is 1.32. The highest BCUT2D eigenvalue weighted by molar-refractivity contribution is 14.0. The molecule has 1 aromatic carbocycles. The second-order valence-electron chi connectivity index (χ2n) is 8.75. The summed E-state index contributed by atoms with van der Waals surface area (Å²) in [6.45, 7) is 10.2. The van der Waals surface area contributed by atoms with Crippen LogP contribution in [0.25, 0.3) is 0 Å². The van der Waals surface area contributed by atoms with Crippen molar-refractivity contribution in [1.29, 1.82) is 0 Å². The number of ether oxygens (including phenoxy) is 3. The molecule has 1 aromatic rings. The molecule has 2 aliphatic rings. The third kappa shape index (κ3) is 8.88. The highest BCUT2D eigenvalue weighted by Gasteiger charge is 2.26. The summed E-state index contributed by atoms with van der Waals surface area (Å²) in [5, 5.41) is 3.53. The Balaban J connectivity index is 0.00000385. The minimum atomic E-state index is 0. The van der Waals surface area contributed by atoms with Gasteiger partial charge < -0.3 is 24.4 Å². The normalized spacial score (nSPS) is 20.4.